The number of amides is 1. The number of hydrogen-bond donors (Lipinski definition) is 0. The first-order valence-corrected chi connectivity index (χ1v) is 5.95. The molecule has 0 atom stereocenters. The van der Waals surface area contributed by atoms with Crippen molar-refractivity contribution in [1.82, 2.24) is 3.71 Å². The number of carbonyl (C=O) groups is 1. The van der Waals surface area contributed by atoms with Crippen molar-refractivity contribution in [2.45, 2.75) is 11.0 Å². The van der Waals surface area contributed by atoms with Crippen LogP contribution in [0.25, 0.3) is 0 Å². The maximum atomic E-state index is 11.8. The molecule has 0 aromatic heterocycles. The van der Waals surface area contributed by atoms with Crippen LogP contribution in [0.2, 0.25) is 0 Å². The molecule has 0 aromatic rings. The minimum absolute atomic E-state index is 0. The summed E-state index contributed by atoms with van der Waals surface area (Å²) in [5.41, 5.74) is -12.7. The first-order valence-electron chi connectivity index (χ1n) is 3.07. The zero-order valence-corrected chi connectivity index (χ0v) is 8.78. The van der Waals surface area contributed by atoms with Gasteiger partial charge in [0, 0.05) is 0 Å². The summed E-state index contributed by atoms with van der Waals surface area (Å²) in [6, 6.07) is 0. The van der Waals surface area contributed by atoms with Crippen LogP contribution in [0.15, 0.2) is 0 Å². The number of halogens is 6. The molecule has 0 aromatic carbocycles. The van der Waals surface area contributed by atoms with E-state index in [1.807, 2.05) is 0 Å². The molecule has 0 unspecified atom stereocenters. The average Bonchev–Trinajstić information content (AvgIpc) is 1.99. The molecular weight excluding hydrogens is 315 g/mol. The Morgan fingerprint density at radius 2 is 1.00 bits per heavy atom. The number of nitrogens with zero attached hydrogens (tertiary/aromatic N) is 1. The SMILES string of the molecule is O=CN(S(=O)(=O)C(F)(F)F)S(=O)(=O)C(F)(F)F.[LiH]. The van der Waals surface area contributed by atoms with E-state index in [4.69, 9.17) is 0 Å². The van der Waals surface area contributed by atoms with Crippen LogP contribution in [0.3, 0.4) is 0 Å². The average molecular weight is 317 g/mol. The number of sulfonamides is 2. The van der Waals surface area contributed by atoms with Crippen LogP contribution in [-0.2, 0) is 24.8 Å². The zero-order chi connectivity index (χ0) is 14.3. The number of carbonyl (C=O) groups excluding carboxylic acids is 1. The molecule has 18 heavy (non-hydrogen) atoms. The van der Waals surface area contributed by atoms with Gasteiger partial charge >= 0.3 is 49.9 Å². The molecule has 0 fully saturated rings. The van der Waals surface area contributed by atoms with Gasteiger partial charge in [0.25, 0.3) is 0 Å². The van der Waals surface area contributed by atoms with Gasteiger partial charge in [-0.1, -0.05) is 0 Å². The number of alkyl halides is 6. The van der Waals surface area contributed by atoms with Gasteiger partial charge in [0.15, 0.2) is 0 Å². The normalized spacial score (nSPS) is 13.7. The molecular formula is C3H2F6LiNO5S2. The summed E-state index contributed by atoms with van der Waals surface area (Å²) in [6.45, 7) is 0. The third-order valence-corrected chi connectivity index (χ3v) is 4.61. The molecule has 0 aliphatic rings. The summed E-state index contributed by atoms with van der Waals surface area (Å²) >= 11 is 0. The van der Waals surface area contributed by atoms with Gasteiger partial charge in [0.1, 0.15) is 0 Å². The van der Waals surface area contributed by atoms with E-state index in [-0.39, 0.29) is 18.9 Å². The van der Waals surface area contributed by atoms with Gasteiger partial charge in [-0.05, 0) is 0 Å². The fraction of sp³-hybridized carbons (Fsp3) is 0.667. The van der Waals surface area contributed by atoms with Crippen molar-refractivity contribution in [1.29, 1.82) is 0 Å². The van der Waals surface area contributed by atoms with Crippen LogP contribution in [0.1, 0.15) is 0 Å². The summed E-state index contributed by atoms with van der Waals surface area (Å²) in [5.74, 6) is 0. The number of hydrogen-bond acceptors (Lipinski definition) is 5. The summed E-state index contributed by atoms with van der Waals surface area (Å²) < 4.78 is 110. The number of rotatable bonds is 3. The van der Waals surface area contributed by atoms with Crippen LogP contribution in [0.4, 0.5) is 26.3 Å². The Hall–Kier alpha value is -0.453. The van der Waals surface area contributed by atoms with E-state index in [0.717, 1.165) is 0 Å². The second-order valence-electron chi connectivity index (χ2n) is 2.23. The van der Waals surface area contributed by atoms with E-state index >= 15 is 0 Å². The van der Waals surface area contributed by atoms with Crippen molar-refractivity contribution in [3.63, 3.8) is 0 Å². The third-order valence-electron chi connectivity index (χ3n) is 1.14. The van der Waals surface area contributed by atoms with Crippen LogP contribution >= 0.6 is 0 Å². The Labute approximate surface area is 108 Å². The van der Waals surface area contributed by atoms with E-state index in [0.29, 0.717) is 0 Å². The molecule has 0 saturated heterocycles. The van der Waals surface area contributed by atoms with Crippen molar-refractivity contribution in [3.05, 3.63) is 0 Å². The summed E-state index contributed by atoms with van der Waals surface area (Å²) in [6.07, 6.45) is -1.61. The van der Waals surface area contributed by atoms with E-state index in [9.17, 15) is 48.0 Å². The standard InChI is InChI=1S/C3HF6NO5S2.Li.H/c4-2(5,6)16(12,13)10(1-11)17(14,15)3(7,8)9;;/h1H;;. The van der Waals surface area contributed by atoms with Crippen molar-refractivity contribution in [3.8, 4) is 0 Å². The Bertz CT molecular complexity index is 460. The second kappa shape index (κ2) is 5.27. The van der Waals surface area contributed by atoms with Crippen molar-refractivity contribution in [2.75, 3.05) is 0 Å². The molecule has 0 rings (SSSR count). The van der Waals surface area contributed by atoms with Crippen LogP contribution in [0.5, 0.6) is 0 Å². The Balaban J connectivity index is 0. The molecule has 0 bridgehead atoms. The second-order valence-corrected chi connectivity index (χ2v) is 6.08. The molecule has 0 aliphatic carbocycles. The molecule has 1 amide bonds. The van der Waals surface area contributed by atoms with Crippen LogP contribution < -0.4 is 0 Å². The van der Waals surface area contributed by atoms with Crippen molar-refractivity contribution in [2.24, 2.45) is 0 Å². The van der Waals surface area contributed by atoms with Crippen LogP contribution in [-0.4, -0.2) is 56.8 Å². The van der Waals surface area contributed by atoms with Gasteiger partial charge in [0.05, 0.1) is 0 Å². The quantitative estimate of drug-likeness (QED) is 0.398. The van der Waals surface area contributed by atoms with Crippen molar-refractivity contribution < 1.29 is 48.0 Å². The van der Waals surface area contributed by atoms with Gasteiger partial charge in [-0.15, -0.1) is 3.71 Å². The molecule has 0 radical (unpaired) electrons. The molecule has 0 N–H and O–H groups in total. The van der Waals surface area contributed by atoms with E-state index in [1.54, 1.807) is 0 Å². The Morgan fingerprint density at radius 3 is 1.11 bits per heavy atom. The van der Waals surface area contributed by atoms with Gasteiger partial charge < -0.3 is 0 Å². The molecule has 0 aliphatic heterocycles. The van der Waals surface area contributed by atoms with Gasteiger partial charge in [-0.2, -0.15) is 43.2 Å². The van der Waals surface area contributed by atoms with E-state index in [1.165, 1.54) is 0 Å². The van der Waals surface area contributed by atoms with Gasteiger partial charge in [-0.3, -0.25) is 4.79 Å². The predicted molar refractivity (Wildman–Crippen MR) is 45.0 cm³/mol. The predicted octanol–water partition coefficient (Wildman–Crippen LogP) is -0.504. The zero-order valence-electron chi connectivity index (χ0n) is 7.15. The molecule has 104 valence electrons. The molecule has 0 spiro atoms. The van der Waals surface area contributed by atoms with Gasteiger partial charge in [0.2, 0.25) is 6.41 Å². The topological polar surface area (TPSA) is 88.6 Å². The van der Waals surface area contributed by atoms with E-state index in [2.05, 4.69) is 0 Å². The van der Waals surface area contributed by atoms with E-state index < -0.39 is 41.2 Å². The molecule has 0 saturated carbocycles. The minimum atomic E-state index is -6.97. The fourth-order valence-corrected chi connectivity index (χ4v) is 2.62. The third kappa shape index (κ3) is 3.31. The Kier molecular flexibility index (Phi) is 5.82. The summed E-state index contributed by atoms with van der Waals surface area (Å²) in [5, 5.41) is 0. The van der Waals surface area contributed by atoms with Crippen LogP contribution in [0, 0.1) is 0 Å². The first-order chi connectivity index (χ1) is 7.19. The Morgan fingerprint density at radius 1 is 0.778 bits per heavy atom. The fourth-order valence-electron chi connectivity index (χ4n) is 0.447. The monoisotopic (exact) mass is 317 g/mol. The first kappa shape index (κ1) is 19.9. The summed E-state index contributed by atoms with van der Waals surface area (Å²) in [7, 11) is -13.9. The maximum absolute atomic E-state index is 11.8. The molecule has 15 heteroatoms. The molecule has 6 nitrogen and oxygen atoms in total. The summed E-state index contributed by atoms with van der Waals surface area (Å²) in [4.78, 5) is 9.86. The van der Waals surface area contributed by atoms with Crippen molar-refractivity contribution >= 4 is 45.3 Å². The van der Waals surface area contributed by atoms with Gasteiger partial charge in [-0.25, -0.2) is 0 Å². The molecule has 0 heterocycles.